The zero-order valence-corrected chi connectivity index (χ0v) is 12.4. The molecular weight excluding hydrogens is 287 g/mol. The van der Waals surface area contributed by atoms with E-state index in [1.54, 1.807) is 17.0 Å². The van der Waals surface area contributed by atoms with Crippen LogP contribution in [0, 0.1) is 0 Å². The van der Waals surface area contributed by atoms with E-state index in [9.17, 15) is 4.79 Å². The molecule has 0 spiro atoms. The number of anilines is 1. The highest BCUT2D eigenvalue weighted by Crippen LogP contribution is 2.30. The highest BCUT2D eigenvalue weighted by Gasteiger charge is 2.30. The minimum Gasteiger partial charge on any atom is -0.396 e. The summed E-state index contributed by atoms with van der Waals surface area (Å²) in [4.78, 5) is 14.2. The van der Waals surface area contributed by atoms with Gasteiger partial charge in [-0.3, -0.25) is 4.79 Å². The Morgan fingerprint density at radius 2 is 1.95 bits per heavy atom. The number of ether oxygens (including phenoxy) is 1. The maximum absolute atomic E-state index is 12.4. The number of nitrogens with zero attached hydrogens (tertiary/aromatic N) is 1. The van der Waals surface area contributed by atoms with Gasteiger partial charge in [0.05, 0.1) is 27.9 Å². The van der Waals surface area contributed by atoms with Crippen LogP contribution in [0.3, 0.4) is 0 Å². The first-order chi connectivity index (χ1) is 8.80. The van der Waals surface area contributed by atoms with E-state index in [0.29, 0.717) is 41.0 Å². The highest BCUT2D eigenvalue weighted by molar-refractivity contribution is 6.39. The molecule has 1 heterocycles. The molecule has 0 atom stereocenters. The van der Waals surface area contributed by atoms with Gasteiger partial charge in [0, 0.05) is 18.7 Å². The molecule has 2 rings (SSSR count). The van der Waals surface area contributed by atoms with Crippen molar-refractivity contribution in [2.24, 2.45) is 0 Å². The first-order valence-electron chi connectivity index (χ1n) is 5.98. The van der Waals surface area contributed by atoms with Crippen molar-refractivity contribution in [2.75, 3.05) is 25.4 Å². The lowest BCUT2D eigenvalue weighted by molar-refractivity contribution is -0.0764. The molecule has 1 saturated heterocycles. The smallest absolute Gasteiger partial charge is 0.254 e. The number of benzene rings is 1. The Morgan fingerprint density at radius 3 is 2.47 bits per heavy atom. The van der Waals surface area contributed by atoms with Gasteiger partial charge in [-0.25, -0.2) is 0 Å². The predicted octanol–water partition coefficient (Wildman–Crippen LogP) is 2.83. The highest BCUT2D eigenvalue weighted by atomic mass is 35.5. The van der Waals surface area contributed by atoms with Crippen molar-refractivity contribution in [3.05, 3.63) is 27.7 Å². The summed E-state index contributed by atoms with van der Waals surface area (Å²) >= 11 is 11.9. The van der Waals surface area contributed by atoms with E-state index in [-0.39, 0.29) is 11.5 Å². The summed E-state index contributed by atoms with van der Waals surface area (Å²) in [6.07, 6.45) is 0. The third-order valence-corrected chi connectivity index (χ3v) is 3.66. The monoisotopic (exact) mass is 302 g/mol. The Bertz CT molecular complexity index is 494. The topological polar surface area (TPSA) is 55.6 Å². The lowest BCUT2D eigenvalue weighted by Crippen LogP contribution is -2.50. The summed E-state index contributed by atoms with van der Waals surface area (Å²) < 4.78 is 5.58. The second kappa shape index (κ2) is 5.19. The van der Waals surface area contributed by atoms with Crippen LogP contribution in [-0.2, 0) is 4.74 Å². The molecule has 0 saturated carbocycles. The Kier molecular flexibility index (Phi) is 3.95. The van der Waals surface area contributed by atoms with Gasteiger partial charge >= 0.3 is 0 Å². The van der Waals surface area contributed by atoms with Crippen molar-refractivity contribution < 1.29 is 9.53 Å². The van der Waals surface area contributed by atoms with Gasteiger partial charge in [-0.1, -0.05) is 23.2 Å². The minimum atomic E-state index is -0.338. The number of morpholine rings is 1. The number of carbonyl (C=O) groups excluding carboxylic acids is 1. The fourth-order valence-corrected chi connectivity index (χ4v) is 2.57. The SMILES string of the molecule is CC1(C)CN(C(=O)c2cc(Cl)c(N)c(Cl)c2)CCO1. The molecule has 19 heavy (non-hydrogen) atoms. The molecule has 0 bridgehead atoms. The lowest BCUT2D eigenvalue weighted by Gasteiger charge is -2.38. The minimum absolute atomic E-state index is 0.111. The Hall–Kier alpha value is -0.970. The van der Waals surface area contributed by atoms with E-state index in [1.807, 2.05) is 13.8 Å². The quantitative estimate of drug-likeness (QED) is 0.812. The van der Waals surface area contributed by atoms with Crippen LogP contribution < -0.4 is 5.73 Å². The van der Waals surface area contributed by atoms with Crippen LogP contribution in [0.1, 0.15) is 24.2 Å². The first-order valence-corrected chi connectivity index (χ1v) is 6.73. The van der Waals surface area contributed by atoms with Gasteiger partial charge in [-0.05, 0) is 26.0 Å². The zero-order chi connectivity index (χ0) is 14.2. The molecule has 1 aromatic carbocycles. The van der Waals surface area contributed by atoms with Crippen LogP contribution in [0.4, 0.5) is 5.69 Å². The van der Waals surface area contributed by atoms with Gasteiger partial charge in [0.15, 0.2) is 0 Å². The number of hydrogen-bond acceptors (Lipinski definition) is 3. The number of amides is 1. The molecule has 6 heteroatoms. The van der Waals surface area contributed by atoms with Crippen molar-refractivity contribution in [3.63, 3.8) is 0 Å². The molecule has 1 aliphatic rings. The van der Waals surface area contributed by atoms with Gasteiger partial charge < -0.3 is 15.4 Å². The molecule has 0 radical (unpaired) electrons. The second-order valence-corrected chi connectivity index (χ2v) is 6.00. The van der Waals surface area contributed by atoms with Gasteiger partial charge in [0.1, 0.15) is 0 Å². The Labute approximate surface area is 122 Å². The van der Waals surface area contributed by atoms with Gasteiger partial charge in [0.2, 0.25) is 0 Å². The maximum atomic E-state index is 12.4. The molecule has 1 amide bonds. The number of carbonyl (C=O) groups is 1. The van der Waals surface area contributed by atoms with Crippen LogP contribution >= 0.6 is 23.2 Å². The first kappa shape index (κ1) is 14.4. The molecule has 1 aromatic rings. The van der Waals surface area contributed by atoms with E-state index in [0.717, 1.165) is 0 Å². The number of hydrogen-bond donors (Lipinski definition) is 1. The zero-order valence-electron chi connectivity index (χ0n) is 10.9. The van der Waals surface area contributed by atoms with E-state index >= 15 is 0 Å². The molecule has 1 aliphatic heterocycles. The largest absolute Gasteiger partial charge is 0.396 e. The van der Waals surface area contributed by atoms with E-state index < -0.39 is 0 Å². The van der Waals surface area contributed by atoms with Crippen molar-refractivity contribution >= 4 is 34.8 Å². The Balaban J connectivity index is 2.25. The molecule has 4 nitrogen and oxygen atoms in total. The molecule has 1 fully saturated rings. The molecule has 104 valence electrons. The second-order valence-electron chi connectivity index (χ2n) is 5.19. The third-order valence-electron chi connectivity index (χ3n) is 3.04. The van der Waals surface area contributed by atoms with Crippen molar-refractivity contribution in [1.82, 2.24) is 4.90 Å². The number of nitrogens with two attached hydrogens (primary N) is 1. The summed E-state index contributed by atoms with van der Waals surface area (Å²) in [5.41, 5.74) is 6.07. The molecule has 0 aliphatic carbocycles. The third kappa shape index (κ3) is 3.14. The fourth-order valence-electron chi connectivity index (χ4n) is 2.08. The fraction of sp³-hybridized carbons (Fsp3) is 0.462. The number of nitrogen functional groups attached to an aromatic ring is 1. The maximum Gasteiger partial charge on any atom is 0.254 e. The normalized spacial score (nSPS) is 18.4. The van der Waals surface area contributed by atoms with Crippen molar-refractivity contribution in [1.29, 1.82) is 0 Å². The lowest BCUT2D eigenvalue weighted by atomic mass is 10.1. The standard InChI is InChI=1S/C13H16Cl2N2O2/c1-13(2)7-17(3-4-19-13)12(18)8-5-9(14)11(16)10(15)6-8/h5-6H,3-4,7,16H2,1-2H3. The van der Waals surface area contributed by atoms with Crippen LogP contribution in [0.25, 0.3) is 0 Å². The van der Waals surface area contributed by atoms with Gasteiger partial charge in [-0.15, -0.1) is 0 Å². The van der Waals surface area contributed by atoms with E-state index in [1.165, 1.54) is 0 Å². The predicted molar refractivity (Wildman–Crippen MR) is 76.8 cm³/mol. The van der Waals surface area contributed by atoms with E-state index in [2.05, 4.69) is 0 Å². The van der Waals surface area contributed by atoms with Crippen LogP contribution in [0.2, 0.25) is 10.0 Å². The van der Waals surface area contributed by atoms with Gasteiger partial charge in [0.25, 0.3) is 5.91 Å². The average Bonchev–Trinajstić information content (AvgIpc) is 2.33. The summed E-state index contributed by atoms with van der Waals surface area (Å²) in [5.74, 6) is -0.111. The van der Waals surface area contributed by atoms with Gasteiger partial charge in [-0.2, -0.15) is 0 Å². The van der Waals surface area contributed by atoms with Crippen LogP contribution in [0.5, 0.6) is 0 Å². The van der Waals surface area contributed by atoms with E-state index in [4.69, 9.17) is 33.7 Å². The molecular formula is C13H16Cl2N2O2. The summed E-state index contributed by atoms with van der Waals surface area (Å²) in [5, 5.41) is 0.590. The summed E-state index contributed by atoms with van der Waals surface area (Å²) in [6, 6.07) is 3.10. The Morgan fingerprint density at radius 1 is 1.37 bits per heavy atom. The molecule has 2 N–H and O–H groups in total. The number of halogens is 2. The van der Waals surface area contributed by atoms with Crippen molar-refractivity contribution in [3.8, 4) is 0 Å². The molecule has 0 unspecified atom stereocenters. The summed E-state index contributed by atoms with van der Waals surface area (Å²) in [7, 11) is 0. The number of rotatable bonds is 1. The van der Waals surface area contributed by atoms with Crippen LogP contribution in [-0.4, -0.2) is 36.1 Å². The van der Waals surface area contributed by atoms with Crippen LogP contribution in [0.15, 0.2) is 12.1 Å². The molecule has 0 aromatic heterocycles. The van der Waals surface area contributed by atoms with Crippen molar-refractivity contribution in [2.45, 2.75) is 19.4 Å². The summed E-state index contributed by atoms with van der Waals surface area (Å²) in [6.45, 7) is 5.52. The average molecular weight is 303 g/mol.